The number of hydrogen-bond acceptors (Lipinski definition) is 7. The van der Waals surface area contributed by atoms with E-state index in [1.54, 1.807) is 24.3 Å². The van der Waals surface area contributed by atoms with Crippen LogP contribution in [0.15, 0.2) is 41.9 Å². The standard InChI is InChI=1S/C18H26BNO6/c1-15(2)16(3,4)26-19(25-15)14-10-17(21,22)20(18(23,24)11-14)12-13-8-6-5-7-9-13/h5-10,21-24H,11-12H2,1-4H3. The number of rotatable bonds is 3. The number of benzene rings is 1. The van der Waals surface area contributed by atoms with Crippen LogP contribution in [0.2, 0.25) is 0 Å². The van der Waals surface area contributed by atoms with Gasteiger partial charge in [-0.2, -0.15) is 4.90 Å². The first-order valence-corrected chi connectivity index (χ1v) is 8.62. The van der Waals surface area contributed by atoms with Crippen LogP contribution >= 0.6 is 0 Å². The molecule has 4 N–H and O–H groups in total. The third-order valence-electron chi connectivity index (χ3n) is 5.39. The molecule has 3 rings (SSSR count). The highest BCUT2D eigenvalue weighted by molar-refractivity contribution is 6.54. The van der Waals surface area contributed by atoms with Gasteiger partial charge in [-0.3, -0.25) is 0 Å². The van der Waals surface area contributed by atoms with Gasteiger partial charge in [0.05, 0.1) is 11.2 Å². The van der Waals surface area contributed by atoms with E-state index in [9.17, 15) is 20.4 Å². The average Bonchev–Trinajstić information content (AvgIpc) is 2.72. The van der Waals surface area contributed by atoms with Crippen molar-refractivity contribution in [2.75, 3.05) is 0 Å². The molecule has 26 heavy (non-hydrogen) atoms. The van der Waals surface area contributed by atoms with Crippen LogP contribution in [0.4, 0.5) is 0 Å². The fourth-order valence-corrected chi connectivity index (χ4v) is 3.17. The molecule has 142 valence electrons. The Balaban J connectivity index is 1.88. The van der Waals surface area contributed by atoms with Crippen molar-refractivity contribution in [3.63, 3.8) is 0 Å². The highest BCUT2D eigenvalue weighted by Gasteiger charge is 2.57. The minimum absolute atomic E-state index is 0.0615. The Kier molecular flexibility index (Phi) is 4.60. The van der Waals surface area contributed by atoms with Gasteiger partial charge in [-0.25, -0.2) is 0 Å². The molecule has 1 saturated heterocycles. The first kappa shape index (κ1) is 19.5. The minimum atomic E-state index is -2.57. The number of aliphatic hydroxyl groups is 4. The smallest absolute Gasteiger partial charge is 0.400 e. The van der Waals surface area contributed by atoms with E-state index in [4.69, 9.17) is 9.31 Å². The summed E-state index contributed by atoms with van der Waals surface area (Å²) in [6, 6.07) is 8.93. The quantitative estimate of drug-likeness (QED) is 0.464. The van der Waals surface area contributed by atoms with Crippen LogP contribution in [0.1, 0.15) is 39.7 Å². The van der Waals surface area contributed by atoms with Crippen LogP contribution in [0.25, 0.3) is 0 Å². The second-order valence-electron chi connectivity index (χ2n) is 8.02. The summed E-state index contributed by atoms with van der Waals surface area (Å²) >= 11 is 0. The topological polar surface area (TPSA) is 103 Å². The molecule has 2 heterocycles. The van der Waals surface area contributed by atoms with Crippen LogP contribution in [-0.4, -0.2) is 55.5 Å². The first-order valence-electron chi connectivity index (χ1n) is 8.62. The van der Waals surface area contributed by atoms with E-state index in [-0.39, 0.29) is 18.4 Å². The largest absolute Gasteiger partial charge is 0.490 e. The molecule has 1 aromatic carbocycles. The summed E-state index contributed by atoms with van der Waals surface area (Å²) in [6.45, 7) is 7.42. The second kappa shape index (κ2) is 6.14. The lowest BCUT2D eigenvalue weighted by Gasteiger charge is -2.45. The Hall–Kier alpha value is -1.26. The Labute approximate surface area is 153 Å². The summed E-state index contributed by atoms with van der Waals surface area (Å²) in [5.74, 6) is -5.05. The van der Waals surface area contributed by atoms with Gasteiger partial charge in [-0.05, 0) is 44.8 Å². The molecule has 0 radical (unpaired) electrons. The van der Waals surface area contributed by atoms with Crippen LogP contribution in [0.3, 0.4) is 0 Å². The highest BCUT2D eigenvalue weighted by Crippen LogP contribution is 2.42. The zero-order valence-corrected chi connectivity index (χ0v) is 15.5. The third kappa shape index (κ3) is 3.46. The SMILES string of the molecule is CC1(C)OB(C2=CC(O)(O)N(Cc3ccccc3)C(O)(O)C2)OC1(C)C. The monoisotopic (exact) mass is 363 g/mol. The molecule has 8 heteroatoms. The van der Waals surface area contributed by atoms with E-state index in [0.717, 1.165) is 11.0 Å². The minimum Gasteiger partial charge on any atom is -0.400 e. The van der Waals surface area contributed by atoms with Crippen molar-refractivity contribution < 1.29 is 29.7 Å². The van der Waals surface area contributed by atoms with Gasteiger partial charge in [0.15, 0.2) is 0 Å². The van der Waals surface area contributed by atoms with Gasteiger partial charge in [-0.15, -0.1) is 0 Å². The number of hydrogen-bond donors (Lipinski definition) is 4. The molecule has 2 aliphatic rings. The van der Waals surface area contributed by atoms with Crippen LogP contribution in [-0.2, 0) is 15.9 Å². The van der Waals surface area contributed by atoms with Gasteiger partial charge in [0.1, 0.15) is 0 Å². The Morgan fingerprint density at radius 3 is 2.00 bits per heavy atom. The molecule has 0 bridgehead atoms. The van der Waals surface area contributed by atoms with E-state index in [1.165, 1.54) is 0 Å². The van der Waals surface area contributed by atoms with Gasteiger partial charge in [0.2, 0.25) is 11.8 Å². The van der Waals surface area contributed by atoms with Gasteiger partial charge in [0, 0.05) is 13.0 Å². The molecule has 2 aliphatic heterocycles. The average molecular weight is 363 g/mol. The Morgan fingerprint density at radius 1 is 0.962 bits per heavy atom. The van der Waals surface area contributed by atoms with E-state index >= 15 is 0 Å². The lowest BCUT2D eigenvalue weighted by molar-refractivity contribution is -0.375. The van der Waals surface area contributed by atoms with Crippen molar-refractivity contribution >= 4 is 7.12 Å². The molecule has 1 aromatic rings. The molecule has 0 amide bonds. The molecular weight excluding hydrogens is 337 g/mol. The summed E-state index contributed by atoms with van der Waals surface area (Å²) in [4.78, 5) is 0.810. The summed E-state index contributed by atoms with van der Waals surface area (Å²) in [5, 5.41) is 42.1. The molecule has 0 atom stereocenters. The molecule has 0 unspecified atom stereocenters. The zero-order valence-electron chi connectivity index (χ0n) is 15.5. The van der Waals surface area contributed by atoms with Gasteiger partial charge in [0.25, 0.3) is 0 Å². The van der Waals surface area contributed by atoms with E-state index in [0.29, 0.717) is 5.56 Å². The third-order valence-corrected chi connectivity index (χ3v) is 5.39. The molecular formula is C18H26BNO6. The molecule has 7 nitrogen and oxygen atoms in total. The fourth-order valence-electron chi connectivity index (χ4n) is 3.17. The lowest BCUT2D eigenvalue weighted by atomic mass is 9.73. The predicted octanol–water partition coefficient (Wildman–Crippen LogP) is 0.727. The van der Waals surface area contributed by atoms with Crippen LogP contribution in [0, 0.1) is 0 Å². The van der Waals surface area contributed by atoms with E-state index in [1.807, 2.05) is 33.8 Å². The maximum Gasteiger partial charge on any atom is 0.490 e. The maximum atomic E-state index is 10.5. The Bertz CT molecular complexity index is 685. The van der Waals surface area contributed by atoms with Crippen molar-refractivity contribution in [2.45, 2.75) is 63.7 Å². The molecule has 0 saturated carbocycles. The predicted molar refractivity (Wildman–Crippen MR) is 95.1 cm³/mol. The second-order valence-corrected chi connectivity index (χ2v) is 8.02. The van der Waals surface area contributed by atoms with Crippen LogP contribution in [0.5, 0.6) is 0 Å². The van der Waals surface area contributed by atoms with Crippen molar-refractivity contribution in [3.8, 4) is 0 Å². The summed E-state index contributed by atoms with van der Waals surface area (Å²) < 4.78 is 11.8. The molecule has 1 fully saturated rings. The molecule has 0 aromatic heterocycles. The van der Waals surface area contributed by atoms with Crippen molar-refractivity contribution in [1.29, 1.82) is 0 Å². The number of nitrogens with zero attached hydrogens (tertiary/aromatic N) is 1. The van der Waals surface area contributed by atoms with Gasteiger partial charge >= 0.3 is 7.12 Å². The first-order chi connectivity index (χ1) is 11.8. The van der Waals surface area contributed by atoms with Gasteiger partial charge in [-0.1, -0.05) is 30.3 Å². The fraction of sp³-hybridized carbons (Fsp3) is 0.556. The highest BCUT2D eigenvalue weighted by atomic mass is 16.7. The summed E-state index contributed by atoms with van der Waals surface area (Å²) in [7, 11) is -0.892. The van der Waals surface area contributed by atoms with Crippen LogP contribution < -0.4 is 0 Å². The van der Waals surface area contributed by atoms with Crippen molar-refractivity contribution in [3.05, 3.63) is 47.4 Å². The maximum absolute atomic E-state index is 10.5. The summed E-state index contributed by atoms with van der Waals surface area (Å²) in [5.41, 5.74) is -0.273. The summed E-state index contributed by atoms with van der Waals surface area (Å²) in [6.07, 6.45) is 0.891. The Morgan fingerprint density at radius 2 is 1.50 bits per heavy atom. The van der Waals surface area contributed by atoms with Gasteiger partial charge < -0.3 is 29.7 Å². The lowest BCUT2D eigenvalue weighted by Crippen LogP contribution is -2.63. The van der Waals surface area contributed by atoms with E-state index in [2.05, 4.69) is 0 Å². The molecule has 0 aliphatic carbocycles. The van der Waals surface area contributed by atoms with E-state index < -0.39 is 30.1 Å². The zero-order chi connectivity index (χ0) is 19.4. The normalized spacial score (nSPS) is 26.6. The van der Waals surface area contributed by atoms with Crippen molar-refractivity contribution in [2.24, 2.45) is 0 Å². The molecule has 0 spiro atoms. The van der Waals surface area contributed by atoms with Crippen molar-refractivity contribution in [1.82, 2.24) is 4.90 Å².